The number of aromatic nitrogens is 1. The van der Waals surface area contributed by atoms with E-state index in [-0.39, 0.29) is 6.07 Å². The fraction of sp³-hybridized carbons (Fsp3) is 0.143. The van der Waals surface area contributed by atoms with Crippen LogP contribution < -0.4 is 0 Å². The van der Waals surface area contributed by atoms with Gasteiger partial charge in [0.05, 0.1) is 16.8 Å². The number of alkyl halides is 6. The Morgan fingerprint density at radius 3 is 2.09 bits per heavy atom. The molecule has 0 aliphatic rings. The summed E-state index contributed by atoms with van der Waals surface area (Å²) in [7, 11) is 0. The highest BCUT2D eigenvalue weighted by molar-refractivity contribution is 5.89. The van der Waals surface area contributed by atoms with E-state index in [2.05, 4.69) is 4.98 Å². The minimum atomic E-state index is -4.99. The van der Waals surface area contributed by atoms with Crippen LogP contribution in [0.15, 0.2) is 36.4 Å². The van der Waals surface area contributed by atoms with Crippen molar-refractivity contribution in [2.75, 3.05) is 0 Å². The molecule has 0 bridgehead atoms. The Morgan fingerprint density at radius 2 is 1.57 bits per heavy atom. The number of carbonyl (C=O) groups is 1. The summed E-state index contributed by atoms with van der Waals surface area (Å²) in [5.41, 5.74) is -4.94. The zero-order valence-electron chi connectivity index (χ0n) is 11.0. The molecular formula is C14H7F6NO2. The molecule has 23 heavy (non-hydrogen) atoms. The number of benzene rings is 1. The quantitative estimate of drug-likeness (QED) is 0.823. The highest BCUT2D eigenvalue weighted by atomic mass is 19.4. The molecule has 0 atom stereocenters. The maximum Gasteiger partial charge on any atom is 0.433 e. The Hall–Kier alpha value is -2.58. The topological polar surface area (TPSA) is 50.2 Å². The Balaban J connectivity index is 2.74. The third kappa shape index (κ3) is 3.61. The van der Waals surface area contributed by atoms with Gasteiger partial charge in [0.1, 0.15) is 5.69 Å². The number of halogens is 6. The van der Waals surface area contributed by atoms with E-state index in [4.69, 9.17) is 5.11 Å². The van der Waals surface area contributed by atoms with Crippen LogP contribution in [0.1, 0.15) is 21.6 Å². The summed E-state index contributed by atoms with van der Waals surface area (Å²) < 4.78 is 77.2. The van der Waals surface area contributed by atoms with Gasteiger partial charge in [-0.05, 0) is 18.2 Å². The number of pyridine rings is 1. The number of carboxylic acid groups (broad SMARTS) is 1. The zero-order valence-corrected chi connectivity index (χ0v) is 11.0. The Kier molecular flexibility index (Phi) is 4.06. The van der Waals surface area contributed by atoms with Crippen LogP contribution in [0.3, 0.4) is 0 Å². The molecule has 0 amide bonds. The summed E-state index contributed by atoms with van der Waals surface area (Å²) in [6.07, 6.45) is -9.82. The van der Waals surface area contributed by atoms with Crippen LogP contribution in [0.4, 0.5) is 26.3 Å². The summed E-state index contributed by atoms with van der Waals surface area (Å²) in [5, 5.41) is 8.86. The third-order valence-corrected chi connectivity index (χ3v) is 2.87. The van der Waals surface area contributed by atoms with Crippen LogP contribution in [-0.2, 0) is 12.4 Å². The lowest BCUT2D eigenvalue weighted by atomic mass is 10.0. The number of hydrogen-bond acceptors (Lipinski definition) is 2. The van der Waals surface area contributed by atoms with Gasteiger partial charge in [0, 0.05) is 5.56 Å². The molecular weight excluding hydrogens is 328 g/mol. The highest BCUT2D eigenvalue weighted by Crippen LogP contribution is 2.38. The molecule has 9 heteroatoms. The van der Waals surface area contributed by atoms with Crippen LogP contribution in [0.25, 0.3) is 11.3 Å². The first-order valence-electron chi connectivity index (χ1n) is 5.99. The van der Waals surface area contributed by atoms with Crippen molar-refractivity contribution in [1.82, 2.24) is 4.98 Å². The molecule has 3 nitrogen and oxygen atoms in total. The van der Waals surface area contributed by atoms with Gasteiger partial charge in [0.15, 0.2) is 0 Å². The van der Waals surface area contributed by atoms with Crippen molar-refractivity contribution >= 4 is 5.97 Å². The van der Waals surface area contributed by atoms with Crippen molar-refractivity contribution in [2.24, 2.45) is 0 Å². The number of rotatable bonds is 2. The van der Waals surface area contributed by atoms with Crippen molar-refractivity contribution in [1.29, 1.82) is 0 Å². The lowest BCUT2D eigenvalue weighted by Gasteiger charge is -2.14. The second kappa shape index (κ2) is 5.56. The van der Waals surface area contributed by atoms with E-state index in [0.29, 0.717) is 12.1 Å². The molecule has 1 N–H and O–H groups in total. The van der Waals surface area contributed by atoms with Crippen molar-refractivity contribution in [3.63, 3.8) is 0 Å². The molecule has 0 saturated carbocycles. The first kappa shape index (κ1) is 16.8. The molecule has 1 aromatic carbocycles. The van der Waals surface area contributed by atoms with Crippen LogP contribution in [0.5, 0.6) is 0 Å². The lowest BCUT2D eigenvalue weighted by molar-refractivity contribution is -0.141. The van der Waals surface area contributed by atoms with E-state index in [9.17, 15) is 31.1 Å². The van der Waals surface area contributed by atoms with E-state index in [1.54, 1.807) is 0 Å². The maximum atomic E-state index is 13.0. The number of carboxylic acids is 1. The Labute approximate surface area is 125 Å². The molecule has 122 valence electrons. The molecule has 0 radical (unpaired) electrons. The molecule has 0 aliphatic carbocycles. The smallest absolute Gasteiger partial charge is 0.433 e. The van der Waals surface area contributed by atoms with Crippen molar-refractivity contribution < 1.29 is 36.2 Å². The predicted octanol–water partition coefficient (Wildman–Crippen LogP) is 4.48. The van der Waals surface area contributed by atoms with Crippen molar-refractivity contribution in [3.8, 4) is 11.3 Å². The van der Waals surface area contributed by atoms with Crippen LogP contribution in [-0.4, -0.2) is 16.1 Å². The van der Waals surface area contributed by atoms with Gasteiger partial charge in [-0.1, -0.05) is 18.2 Å². The van der Waals surface area contributed by atoms with Gasteiger partial charge in [-0.25, -0.2) is 9.78 Å². The van der Waals surface area contributed by atoms with E-state index in [1.165, 1.54) is 6.07 Å². The van der Waals surface area contributed by atoms with E-state index in [1.807, 2.05) is 0 Å². The fourth-order valence-electron chi connectivity index (χ4n) is 1.89. The molecule has 0 spiro atoms. The molecule has 0 fully saturated rings. The average Bonchev–Trinajstić information content (AvgIpc) is 2.45. The van der Waals surface area contributed by atoms with Gasteiger partial charge in [-0.3, -0.25) is 0 Å². The maximum absolute atomic E-state index is 13.0. The van der Waals surface area contributed by atoms with Gasteiger partial charge >= 0.3 is 18.3 Å². The molecule has 0 unspecified atom stereocenters. The first-order chi connectivity index (χ1) is 10.5. The lowest BCUT2D eigenvalue weighted by Crippen LogP contribution is -2.13. The third-order valence-electron chi connectivity index (χ3n) is 2.87. The highest BCUT2D eigenvalue weighted by Gasteiger charge is 2.36. The fourth-order valence-corrected chi connectivity index (χ4v) is 1.89. The minimum absolute atomic E-state index is 0.266. The largest absolute Gasteiger partial charge is 0.478 e. The van der Waals surface area contributed by atoms with Crippen molar-refractivity contribution in [2.45, 2.75) is 12.4 Å². The SMILES string of the molecule is O=C(O)c1cc(-c2ccccc2C(F)(F)F)nc(C(F)(F)F)c1. The van der Waals surface area contributed by atoms with Crippen LogP contribution in [0.2, 0.25) is 0 Å². The summed E-state index contributed by atoms with van der Waals surface area (Å²) in [6, 6.07) is 4.80. The van der Waals surface area contributed by atoms with Crippen LogP contribution >= 0.6 is 0 Å². The van der Waals surface area contributed by atoms with Gasteiger partial charge in [0.25, 0.3) is 0 Å². The summed E-state index contributed by atoms with van der Waals surface area (Å²) in [4.78, 5) is 14.1. The van der Waals surface area contributed by atoms with Gasteiger partial charge < -0.3 is 5.11 Å². The number of hydrogen-bond donors (Lipinski definition) is 1. The Morgan fingerprint density at radius 1 is 0.957 bits per heavy atom. The summed E-state index contributed by atoms with van der Waals surface area (Å²) in [6.45, 7) is 0. The molecule has 1 aromatic heterocycles. The zero-order chi connectivity index (χ0) is 17.4. The van der Waals surface area contributed by atoms with Gasteiger partial charge in [-0.15, -0.1) is 0 Å². The monoisotopic (exact) mass is 335 g/mol. The average molecular weight is 335 g/mol. The molecule has 1 heterocycles. The molecule has 0 saturated heterocycles. The molecule has 2 rings (SSSR count). The molecule has 0 aliphatic heterocycles. The van der Waals surface area contributed by atoms with Gasteiger partial charge in [-0.2, -0.15) is 26.3 Å². The van der Waals surface area contributed by atoms with E-state index in [0.717, 1.165) is 12.1 Å². The second-order valence-corrected chi connectivity index (χ2v) is 4.47. The van der Waals surface area contributed by atoms with E-state index < -0.39 is 46.4 Å². The second-order valence-electron chi connectivity index (χ2n) is 4.47. The normalized spacial score (nSPS) is 12.3. The number of nitrogens with zero attached hydrogens (tertiary/aromatic N) is 1. The predicted molar refractivity (Wildman–Crippen MR) is 66.6 cm³/mol. The summed E-state index contributed by atoms with van der Waals surface area (Å²) in [5.74, 6) is -1.70. The van der Waals surface area contributed by atoms with Crippen LogP contribution in [0, 0.1) is 0 Å². The van der Waals surface area contributed by atoms with Gasteiger partial charge in [0.2, 0.25) is 0 Å². The minimum Gasteiger partial charge on any atom is -0.478 e. The Bertz CT molecular complexity index is 752. The first-order valence-corrected chi connectivity index (χ1v) is 5.99. The van der Waals surface area contributed by atoms with E-state index >= 15 is 0 Å². The molecule has 2 aromatic rings. The summed E-state index contributed by atoms with van der Waals surface area (Å²) >= 11 is 0. The number of aromatic carboxylic acids is 1. The standard InChI is InChI=1S/C14H7F6NO2/c15-13(16,17)9-4-2-1-3-8(9)10-5-7(12(22)23)6-11(21-10)14(18,19)20/h1-6H,(H,22,23). The van der Waals surface area contributed by atoms with Crippen molar-refractivity contribution in [3.05, 3.63) is 53.2 Å².